The van der Waals surface area contributed by atoms with Gasteiger partial charge in [-0.3, -0.25) is 9.78 Å². The van der Waals surface area contributed by atoms with Crippen molar-refractivity contribution in [3.63, 3.8) is 0 Å². The summed E-state index contributed by atoms with van der Waals surface area (Å²) >= 11 is 0. The summed E-state index contributed by atoms with van der Waals surface area (Å²) < 4.78 is 10.8. The highest BCUT2D eigenvalue weighted by Gasteiger charge is 2.65. The maximum atomic E-state index is 12.7. The number of esters is 2. The third kappa shape index (κ3) is 4.57. The van der Waals surface area contributed by atoms with Gasteiger partial charge in [-0.15, -0.1) is 0 Å². The van der Waals surface area contributed by atoms with Crippen molar-refractivity contribution in [1.29, 1.82) is 0 Å². The van der Waals surface area contributed by atoms with Crippen LogP contribution >= 0.6 is 0 Å². The molecule has 0 radical (unpaired) electrons. The molecule has 0 spiro atoms. The number of aromatic nitrogens is 1. The van der Waals surface area contributed by atoms with Crippen LogP contribution in [0.15, 0.2) is 24.5 Å². The molecule has 38 heavy (non-hydrogen) atoms. The Kier molecular flexibility index (Phi) is 7.64. The van der Waals surface area contributed by atoms with Gasteiger partial charge in [0, 0.05) is 18.8 Å². The van der Waals surface area contributed by atoms with Crippen molar-refractivity contribution >= 4 is 11.9 Å². The second kappa shape index (κ2) is 10.5. The van der Waals surface area contributed by atoms with E-state index in [1.807, 2.05) is 0 Å². The van der Waals surface area contributed by atoms with Crippen molar-refractivity contribution in [3.8, 4) is 0 Å². The molecule has 1 heterocycles. The molecule has 1 aromatic heterocycles. The largest absolute Gasteiger partial charge is 0.469 e. The van der Waals surface area contributed by atoms with Gasteiger partial charge in [0.1, 0.15) is 6.10 Å². The third-order valence-electron chi connectivity index (χ3n) is 11.7. The van der Waals surface area contributed by atoms with Crippen LogP contribution in [0.2, 0.25) is 0 Å². The standard InChI is InChI=1S/C31H45NO6/c1-18(5-8-27(35)37-4)22-6-7-23-28-24(17-26(34)31(22,23)3)30(2)12-9-21(15-20(30)16-25(28)33)38-29(36)19-10-13-32-14-11-19/h10-11,13-14,18,20-26,28,33-34H,5-9,12,15-17H2,1-4H3/t18-,20+,21-,22-,23+,24+,25-,26+,28+,30+,31-/m1/s1. The summed E-state index contributed by atoms with van der Waals surface area (Å²) in [6.07, 6.45) is 9.40. The molecule has 4 fully saturated rings. The quantitative estimate of drug-likeness (QED) is 0.512. The molecule has 2 N–H and O–H groups in total. The monoisotopic (exact) mass is 527 g/mol. The molecule has 0 saturated heterocycles. The van der Waals surface area contributed by atoms with E-state index in [4.69, 9.17) is 9.47 Å². The lowest BCUT2D eigenvalue weighted by Gasteiger charge is -2.63. The number of methoxy groups -OCH3 is 1. The van der Waals surface area contributed by atoms with Crippen molar-refractivity contribution < 1.29 is 29.3 Å². The van der Waals surface area contributed by atoms with Gasteiger partial charge in [0.15, 0.2) is 0 Å². The fourth-order valence-corrected chi connectivity index (χ4v) is 9.58. The minimum Gasteiger partial charge on any atom is -0.469 e. The van der Waals surface area contributed by atoms with E-state index >= 15 is 0 Å². The zero-order valence-electron chi connectivity index (χ0n) is 23.3. The highest BCUT2D eigenvalue weighted by atomic mass is 16.5. The number of carbonyl (C=O) groups is 2. The van der Waals surface area contributed by atoms with Gasteiger partial charge in [-0.1, -0.05) is 20.8 Å². The molecule has 7 nitrogen and oxygen atoms in total. The molecule has 4 saturated carbocycles. The van der Waals surface area contributed by atoms with Crippen LogP contribution in [0.25, 0.3) is 0 Å². The molecular weight excluding hydrogens is 482 g/mol. The highest BCUT2D eigenvalue weighted by molar-refractivity contribution is 5.89. The number of rotatable bonds is 6. The van der Waals surface area contributed by atoms with Crippen LogP contribution in [0.4, 0.5) is 0 Å². The molecule has 0 aliphatic heterocycles. The van der Waals surface area contributed by atoms with Gasteiger partial charge in [-0.2, -0.15) is 0 Å². The Labute approximate surface area is 226 Å². The predicted molar refractivity (Wildman–Crippen MR) is 142 cm³/mol. The average Bonchev–Trinajstić information content (AvgIpc) is 3.27. The van der Waals surface area contributed by atoms with Crippen LogP contribution in [0.1, 0.15) is 88.9 Å². The van der Waals surface area contributed by atoms with E-state index in [0.29, 0.717) is 30.2 Å². The maximum absolute atomic E-state index is 12.7. The summed E-state index contributed by atoms with van der Waals surface area (Å²) in [6.45, 7) is 6.83. The molecule has 4 aliphatic rings. The molecule has 0 bridgehead atoms. The molecule has 0 amide bonds. The van der Waals surface area contributed by atoms with Gasteiger partial charge in [0.2, 0.25) is 0 Å². The van der Waals surface area contributed by atoms with E-state index in [-0.39, 0.29) is 52.5 Å². The summed E-state index contributed by atoms with van der Waals surface area (Å²) in [6, 6.07) is 3.35. The van der Waals surface area contributed by atoms with E-state index in [0.717, 1.165) is 44.9 Å². The zero-order chi connectivity index (χ0) is 27.2. The number of ether oxygens (including phenoxy) is 2. The second-order valence-corrected chi connectivity index (χ2v) is 13.2. The van der Waals surface area contributed by atoms with Gasteiger partial charge in [0.05, 0.1) is 24.9 Å². The van der Waals surface area contributed by atoms with Crippen LogP contribution in [0.3, 0.4) is 0 Å². The number of aliphatic hydroxyl groups excluding tert-OH is 2. The Morgan fingerprint density at radius 3 is 2.53 bits per heavy atom. The molecule has 11 atom stereocenters. The number of nitrogens with zero attached hydrogens (tertiary/aromatic N) is 1. The van der Waals surface area contributed by atoms with Crippen LogP contribution in [-0.2, 0) is 14.3 Å². The van der Waals surface area contributed by atoms with Gasteiger partial charge in [-0.25, -0.2) is 4.79 Å². The molecule has 0 aromatic carbocycles. The van der Waals surface area contributed by atoms with Crippen molar-refractivity contribution in [2.45, 2.75) is 96.9 Å². The van der Waals surface area contributed by atoms with Crippen LogP contribution in [-0.4, -0.2) is 52.6 Å². The number of hydrogen-bond donors (Lipinski definition) is 2. The molecule has 210 valence electrons. The Bertz CT molecular complexity index is 1020. The lowest BCUT2D eigenvalue weighted by Crippen LogP contribution is -2.62. The SMILES string of the molecule is COC(=O)CC[C@@H](C)[C@H]1CC[C@H]2[C@@H]3[C@H](O)C[C@@H]4C[C@H](OC(=O)c5ccncc5)CC[C@]4(C)[C@H]3C[C@H](O)[C@]12C. The predicted octanol–water partition coefficient (Wildman–Crippen LogP) is 4.80. The first-order chi connectivity index (χ1) is 18.1. The van der Waals surface area contributed by atoms with E-state index in [2.05, 4.69) is 25.8 Å². The first-order valence-corrected chi connectivity index (χ1v) is 14.6. The van der Waals surface area contributed by atoms with Gasteiger partial charge < -0.3 is 19.7 Å². The number of pyridine rings is 1. The zero-order valence-corrected chi connectivity index (χ0v) is 23.3. The first-order valence-electron chi connectivity index (χ1n) is 14.6. The fourth-order valence-electron chi connectivity index (χ4n) is 9.58. The Morgan fingerprint density at radius 2 is 1.82 bits per heavy atom. The minimum atomic E-state index is -0.424. The van der Waals surface area contributed by atoms with E-state index in [1.54, 1.807) is 24.5 Å². The highest BCUT2D eigenvalue weighted by Crippen LogP contribution is 2.68. The Hall–Kier alpha value is -1.99. The van der Waals surface area contributed by atoms with Crippen LogP contribution < -0.4 is 0 Å². The molecular formula is C31H45NO6. The molecule has 5 rings (SSSR count). The minimum absolute atomic E-state index is 0.0143. The van der Waals surface area contributed by atoms with Crippen molar-refractivity contribution in [2.24, 2.45) is 46.3 Å². The van der Waals surface area contributed by atoms with Crippen molar-refractivity contribution in [2.75, 3.05) is 7.11 Å². The van der Waals surface area contributed by atoms with Gasteiger partial charge >= 0.3 is 11.9 Å². The van der Waals surface area contributed by atoms with E-state index in [9.17, 15) is 19.8 Å². The fraction of sp³-hybridized carbons (Fsp3) is 0.774. The first kappa shape index (κ1) is 27.6. The summed E-state index contributed by atoms with van der Waals surface area (Å²) in [7, 11) is 1.43. The van der Waals surface area contributed by atoms with Crippen molar-refractivity contribution in [3.05, 3.63) is 30.1 Å². The lowest BCUT2D eigenvalue weighted by molar-refractivity contribution is -0.207. The maximum Gasteiger partial charge on any atom is 0.338 e. The van der Waals surface area contributed by atoms with E-state index in [1.165, 1.54) is 7.11 Å². The van der Waals surface area contributed by atoms with E-state index < -0.39 is 12.2 Å². The summed E-state index contributed by atoms with van der Waals surface area (Å²) in [5.74, 6) is 1.12. The summed E-state index contributed by atoms with van der Waals surface area (Å²) in [4.78, 5) is 28.4. The Morgan fingerprint density at radius 1 is 1.08 bits per heavy atom. The summed E-state index contributed by atoms with van der Waals surface area (Å²) in [5, 5.41) is 23.4. The Balaban J connectivity index is 1.30. The number of aliphatic hydroxyl groups is 2. The third-order valence-corrected chi connectivity index (χ3v) is 11.7. The van der Waals surface area contributed by atoms with Crippen molar-refractivity contribution in [1.82, 2.24) is 4.98 Å². The normalized spacial score (nSPS) is 42.8. The number of fused-ring (bicyclic) bond motifs is 5. The lowest BCUT2D eigenvalue weighted by atomic mass is 9.43. The van der Waals surface area contributed by atoms with Crippen LogP contribution in [0.5, 0.6) is 0 Å². The summed E-state index contributed by atoms with van der Waals surface area (Å²) in [5.41, 5.74) is 0.279. The smallest absolute Gasteiger partial charge is 0.338 e. The molecule has 7 heteroatoms. The van der Waals surface area contributed by atoms with Gasteiger partial charge in [-0.05, 0) is 110 Å². The molecule has 1 aromatic rings. The number of hydrogen-bond acceptors (Lipinski definition) is 7. The average molecular weight is 528 g/mol. The second-order valence-electron chi connectivity index (χ2n) is 13.2. The number of carbonyl (C=O) groups excluding carboxylic acids is 2. The topological polar surface area (TPSA) is 106 Å². The molecule has 0 unspecified atom stereocenters. The van der Waals surface area contributed by atoms with Gasteiger partial charge in [0.25, 0.3) is 0 Å². The molecule has 4 aliphatic carbocycles. The van der Waals surface area contributed by atoms with Crippen LogP contribution in [0, 0.1) is 46.3 Å².